The van der Waals surface area contributed by atoms with Crippen molar-refractivity contribution in [1.82, 2.24) is 14.5 Å². The van der Waals surface area contributed by atoms with Crippen LogP contribution in [0.2, 0.25) is 0 Å². The molecule has 36 heavy (non-hydrogen) atoms. The van der Waals surface area contributed by atoms with Crippen molar-refractivity contribution in [3.63, 3.8) is 0 Å². The molecule has 0 spiro atoms. The molecule has 1 saturated heterocycles. The maximum atomic E-state index is 12.7. The predicted octanol–water partition coefficient (Wildman–Crippen LogP) is 5.19. The second kappa shape index (κ2) is 11.5. The number of fused-ring (bicyclic) bond motifs is 1. The molecular formula is C27H35N3O6. The zero-order valence-electron chi connectivity index (χ0n) is 21.2. The van der Waals surface area contributed by atoms with E-state index in [9.17, 15) is 9.59 Å². The Morgan fingerprint density at radius 3 is 2.50 bits per heavy atom. The third-order valence-electron chi connectivity index (χ3n) is 6.73. The number of benzene rings is 2. The standard InChI is InChI=1S/C27H35N3O6/c1-4-20(5-2)35-24-10-7-18(15-25(24)34-6-3)17-29-13-11-19(12-14-29)30-23-9-8-21(36-27(32)33)16-22(23)28-26(30)31/h7-10,15-16,19-20H,4-6,11-14,17H2,1-3H3,(H,28,31)(H,32,33). The summed E-state index contributed by atoms with van der Waals surface area (Å²) in [5.41, 5.74) is 2.31. The van der Waals surface area contributed by atoms with Crippen LogP contribution in [0.3, 0.4) is 0 Å². The van der Waals surface area contributed by atoms with Crippen molar-refractivity contribution < 1.29 is 24.1 Å². The van der Waals surface area contributed by atoms with E-state index in [1.165, 1.54) is 5.56 Å². The summed E-state index contributed by atoms with van der Waals surface area (Å²) < 4.78 is 18.5. The molecule has 0 saturated carbocycles. The van der Waals surface area contributed by atoms with E-state index < -0.39 is 6.16 Å². The minimum absolute atomic E-state index is 0.0727. The molecule has 1 aliphatic heterocycles. The number of rotatable bonds is 10. The third-order valence-corrected chi connectivity index (χ3v) is 6.73. The van der Waals surface area contributed by atoms with E-state index in [1.807, 2.05) is 13.0 Å². The SMILES string of the molecule is CCOc1cc(CN2CCC(n3c(=O)[nH]c4cc(OC(=O)O)ccc43)CC2)ccc1OC(CC)CC. The van der Waals surface area contributed by atoms with Crippen molar-refractivity contribution in [2.45, 2.75) is 65.1 Å². The number of likely N-dealkylation sites (tertiary alicyclic amines) is 1. The maximum absolute atomic E-state index is 12.7. The largest absolute Gasteiger partial charge is 0.511 e. The first kappa shape index (κ1) is 25.6. The molecule has 0 bridgehead atoms. The van der Waals surface area contributed by atoms with Crippen molar-refractivity contribution in [1.29, 1.82) is 0 Å². The van der Waals surface area contributed by atoms with Crippen LogP contribution in [0.4, 0.5) is 4.79 Å². The Balaban J connectivity index is 1.42. The highest BCUT2D eigenvalue weighted by molar-refractivity contribution is 5.78. The van der Waals surface area contributed by atoms with E-state index in [-0.39, 0.29) is 23.6 Å². The second-order valence-corrected chi connectivity index (χ2v) is 9.12. The summed E-state index contributed by atoms with van der Waals surface area (Å²) in [4.78, 5) is 28.7. The summed E-state index contributed by atoms with van der Waals surface area (Å²) in [6, 6.07) is 11.1. The minimum atomic E-state index is -1.38. The van der Waals surface area contributed by atoms with Gasteiger partial charge in [0.1, 0.15) is 5.75 Å². The van der Waals surface area contributed by atoms with Gasteiger partial charge in [-0.2, -0.15) is 0 Å². The van der Waals surface area contributed by atoms with Crippen LogP contribution in [0.5, 0.6) is 17.2 Å². The first-order valence-electron chi connectivity index (χ1n) is 12.7. The first-order valence-corrected chi connectivity index (χ1v) is 12.7. The number of carbonyl (C=O) groups is 1. The second-order valence-electron chi connectivity index (χ2n) is 9.12. The molecule has 1 aliphatic rings. The Hall–Kier alpha value is -3.46. The highest BCUT2D eigenvalue weighted by atomic mass is 16.7. The van der Waals surface area contributed by atoms with Crippen LogP contribution in [0.15, 0.2) is 41.2 Å². The van der Waals surface area contributed by atoms with Crippen LogP contribution < -0.4 is 19.9 Å². The summed E-state index contributed by atoms with van der Waals surface area (Å²) >= 11 is 0. The molecule has 1 fully saturated rings. The fraction of sp³-hybridized carbons (Fsp3) is 0.481. The Morgan fingerprint density at radius 1 is 1.08 bits per heavy atom. The van der Waals surface area contributed by atoms with Crippen molar-refractivity contribution in [2.75, 3.05) is 19.7 Å². The van der Waals surface area contributed by atoms with Crippen LogP contribution in [-0.2, 0) is 6.54 Å². The van der Waals surface area contributed by atoms with Gasteiger partial charge in [0.15, 0.2) is 11.5 Å². The molecule has 0 amide bonds. The lowest BCUT2D eigenvalue weighted by molar-refractivity contribution is 0.144. The molecule has 1 aromatic heterocycles. The zero-order chi connectivity index (χ0) is 25.7. The van der Waals surface area contributed by atoms with Crippen LogP contribution in [0, 0.1) is 0 Å². The monoisotopic (exact) mass is 497 g/mol. The summed E-state index contributed by atoms with van der Waals surface area (Å²) in [5, 5.41) is 8.83. The van der Waals surface area contributed by atoms with E-state index in [4.69, 9.17) is 19.3 Å². The molecule has 2 N–H and O–H groups in total. The predicted molar refractivity (Wildman–Crippen MR) is 137 cm³/mol. The van der Waals surface area contributed by atoms with Crippen molar-refractivity contribution >= 4 is 17.2 Å². The Kier molecular flexibility index (Phi) is 8.20. The number of hydrogen-bond donors (Lipinski definition) is 2. The fourth-order valence-electron chi connectivity index (χ4n) is 4.88. The van der Waals surface area contributed by atoms with Crippen LogP contribution in [0.25, 0.3) is 11.0 Å². The molecule has 3 aromatic rings. The number of piperidine rings is 1. The molecule has 9 nitrogen and oxygen atoms in total. The van der Waals surface area contributed by atoms with Gasteiger partial charge in [-0.05, 0) is 62.4 Å². The summed E-state index contributed by atoms with van der Waals surface area (Å²) in [5.74, 6) is 1.76. The lowest BCUT2D eigenvalue weighted by Gasteiger charge is -2.32. The lowest BCUT2D eigenvalue weighted by Crippen LogP contribution is -2.36. The zero-order valence-corrected chi connectivity index (χ0v) is 21.2. The normalized spacial score (nSPS) is 14.9. The van der Waals surface area contributed by atoms with Gasteiger partial charge in [0.2, 0.25) is 0 Å². The van der Waals surface area contributed by atoms with Gasteiger partial charge >= 0.3 is 11.8 Å². The number of hydrogen-bond acceptors (Lipinski definition) is 6. The van der Waals surface area contributed by atoms with Gasteiger partial charge in [0, 0.05) is 31.7 Å². The van der Waals surface area contributed by atoms with Crippen LogP contribution in [0.1, 0.15) is 58.1 Å². The van der Waals surface area contributed by atoms with Crippen molar-refractivity contribution in [3.8, 4) is 17.2 Å². The van der Waals surface area contributed by atoms with Gasteiger partial charge in [-0.1, -0.05) is 19.9 Å². The number of carboxylic acid groups (broad SMARTS) is 1. The molecule has 0 radical (unpaired) electrons. The molecule has 0 aliphatic carbocycles. The maximum Gasteiger partial charge on any atom is 0.511 e. The average molecular weight is 498 g/mol. The average Bonchev–Trinajstić information content (AvgIpc) is 3.19. The number of aromatic amines is 1. The van der Waals surface area contributed by atoms with Gasteiger partial charge < -0.3 is 24.3 Å². The van der Waals surface area contributed by atoms with E-state index in [1.54, 1.807) is 22.8 Å². The number of nitrogens with one attached hydrogen (secondary N) is 1. The van der Waals surface area contributed by atoms with Gasteiger partial charge in [0.25, 0.3) is 0 Å². The molecule has 9 heteroatoms. The van der Waals surface area contributed by atoms with Crippen LogP contribution >= 0.6 is 0 Å². The third kappa shape index (κ3) is 5.84. The topological polar surface area (TPSA) is 106 Å². The number of H-pyrrole nitrogens is 1. The highest BCUT2D eigenvalue weighted by Gasteiger charge is 2.24. The molecule has 0 atom stereocenters. The van der Waals surface area contributed by atoms with E-state index in [2.05, 4.69) is 35.9 Å². The first-order chi connectivity index (χ1) is 17.4. The van der Waals surface area contributed by atoms with E-state index in [0.717, 1.165) is 62.3 Å². The number of ether oxygens (including phenoxy) is 3. The number of imidazole rings is 1. The minimum Gasteiger partial charge on any atom is -0.490 e. The molecule has 0 unspecified atom stereocenters. The van der Waals surface area contributed by atoms with Gasteiger partial charge in [-0.15, -0.1) is 0 Å². The van der Waals surface area contributed by atoms with Gasteiger partial charge in [-0.25, -0.2) is 9.59 Å². The lowest BCUT2D eigenvalue weighted by atomic mass is 10.0. The van der Waals surface area contributed by atoms with E-state index >= 15 is 0 Å². The van der Waals surface area contributed by atoms with Crippen molar-refractivity contribution in [2.24, 2.45) is 0 Å². The summed E-state index contributed by atoms with van der Waals surface area (Å²) in [6.07, 6.45) is 2.39. The smallest absolute Gasteiger partial charge is 0.490 e. The Morgan fingerprint density at radius 2 is 1.83 bits per heavy atom. The number of aromatic nitrogens is 2. The Bertz CT molecular complexity index is 1240. The van der Waals surface area contributed by atoms with Crippen LogP contribution in [-0.4, -0.2) is 51.5 Å². The van der Waals surface area contributed by atoms with Crippen molar-refractivity contribution in [3.05, 3.63) is 52.4 Å². The Labute approximate surface area is 210 Å². The molecule has 194 valence electrons. The molecule has 4 rings (SSSR count). The quantitative estimate of drug-likeness (QED) is 0.293. The molecular weight excluding hydrogens is 462 g/mol. The van der Waals surface area contributed by atoms with Gasteiger partial charge in [-0.3, -0.25) is 9.47 Å². The van der Waals surface area contributed by atoms with E-state index in [0.29, 0.717) is 12.1 Å². The summed E-state index contributed by atoms with van der Waals surface area (Å²) in [7, 11) is 0. The molecule has 2 aromatic carbocycles. The fourth-order valence-corrected chi connectivity index (χ4v) is 4.88. The number of nitrogens with zero attached hydrogens (tertiary/aromatic N) is 2. The highest BCUT2D eigenvalue weighted by Crippen LogP contribution is 2.32. The molecule has 2 heterocycles. The van der Waals surface area contributed by atoms with Gasteiger partial charge in [0.05, 0.1) is 23.7 Å². The summed E-state index contributed by atoms with van der Waals surface area (Å²) in [6.45, 7) is 9.34.